The van der Waals surface area contributed by atoms with E-state index in [-0.39, 0.29) is 39.2 Å². The van der Waals surface area contributed by atoms with E-state index in [0.29, 0.717) is 0 Å². The smallest absolute Gasteiger partial charge is 0.325 e. The summed E-state index contributed by atoms with van der Waals surface area (Å²) in [5.41, 5.74) is 0. The van der Waals surface area contributed by atoms with E-state index in [9.17, 15) is 29.1 Å². The zero-order chi connectivity index (χ0) is 24.3. The molecule has 0 aromatic carbocycles. The van der Waals surface area contributed by atoms with Crippen LogP contribution < -0.4 is 5.32 Å². The number of aliphatic hydroxyl groups excluding tert-OH is 1. The van der Waals surface area contributed by atoms with Crippen molar-refractivity contribution in [2.75, 3.05) is 26.4 Å². The van der Waals surface area contributed by atoms with Gasteiger partial charge in [-0.3, -0.25) is 24.0 Å². The summed E-state index contributed by atoms with van der Waals surface area (Å²) in [6.07, 6.45) is -4.60. The fourth-order valence-corrected chi connectivity index (χ4v) is 3.28. The lowest BCUT2D eigenvalue weighted by Gasteiger charge is -2.41. The van der Waals surface area contributed by atoms with Crippen LogP contribution in [0.4, 0.5) is 0 Å². The topological polar surface area (TPSA) is 164 Å². The summed E-state index contributed by atoms with van der Waals surface area (Å²) in [6.45, 7) is 4.71. The summed E-state index contributed by atoms with van der Waals surface area (Å²) in [7, 11) is 0. The predicted octanol–water partition coefficient (Wildman–Crippen LogP) is -0.752. The van der Waals surface area contributed by atoms with Gasteiger partial charge in [0.2, 0.25) is 5.91 Å². The third-order valence-corrected chi connectivity index (χ3v) is 4.52. The molecule has 2 N–H and O–H groups in total. The maximum atomic E-state index is 12.8. The van der Waals surface area contributed by atoms with Crippen LogP contribution in [-0.4, -0.2) is 85.7 Å². The number of amides is 1. The summed E-state index contributed by atoms with van der Waals surface area (Å²) >= 11 is 0. The SMILES string of the molecule is CCOC(=O)CNC(=O)C(CCCOC(C)=O)[C@H]1OC[C@@H](OC(C)=O)[C@H](OC(C)=O)[C@H]1O. The van der Waals surface area contributed by atoms with Crippen LogP contribution in [0.5, 0.6) is 0 Å². The Bertz CT molecular complexity index is 680. The minimum Gasteiger partial charge on any atom is -0.466 e. The molecule has 0 aromatic rings. The van der Waals surface area contributed by atoms with E-state index in [1.165, 1.54) is 6.92 Å². The molecular weight excluding hydrogens is 430 g/mol. The van der Waals surface area contributed by atoms with Crippen LogP contribution in [0.1, 0.15) is 40.5 Å². The van der Waals surface area contributed by atoms with E-state index < -0.39 is 60.1 Å². The summed E-state index contributed by atoms with van der Waals surface area (Å²) in [5, 5.41) is 13.3. The van der Waals surface area contributed by atoms with Crippen molar-refractivity contribution in [3.63, 3.8) is 0 Å². The normalized spacial score (nSPS) is 23.4. The second-order valence-electron chi connectivity index (χ2n) is 7.12. The molecule has 1 rings (SSSR count). The van der Waals surface area contributed by atoms with Gasteiger partial charge in [0.05, 0.1) is 31.8 Å². The Morgan fingerprint density at radius 1 is 1.03 bits per heavy atom. The van der Waals surface area contributed by atoms with Gasteiger partial charge in [0.25, 0.3) is 0 Å². The third kappa shape index (κ3) is 9.18. The number of nitrogens with one attached hydrogen (secondary N) is 1. The van der Waals surface area contributed by atoms with Crippen molar-refractivity contribution in [2.24, 2.45) is 5.92 Å². The van der Waals surface area contributed by atoms with Crippen molar-refractivity contribution in [3.8, 4) is 0 Å². The molecule has 1 amide bonds. The molecule has 32 heavy (non-hydrogen) atoms. The molecule has 0 radical (unpaired) electrons. The highest BCUT2D eigenvalue weighted by molar-refractivity contribution is 5.84. The molecule has 1 aliphatic rings. The molecule has 1 unspecified atom stereocenters. The number of rotatable bonds is 11. The first-order valence-corrected chi connectivity index (χ1v) is 10.3. The van der Waals surface area contributed by atoms with Gasteiger partial charge in [0, 0.05) is 20.8 Å². The Morgan fingerprint density at radius 2 is 1.69 bits per heavy atom. The van der Waals surface area contributed by atoms with Crippen molar-refractivity contribution in [3.05, 3.63) is 0 Å². The summed E-state index contributed by atoms with van der Waals surface area (Å²) in [4.78, 5) is 58.2. The zero-order valence-electron chi connectivity index (χ0n) is 18.7. The van der Waals surface area contributed by atoms with Crippen LogP contribution in [0.2, 0.25) is 0 Å². The summed E-state index contributed by atoms with van der Waals surface area (Å²) in [5.74, 6) is -4.11. The van der Waals surface area contributed by atoms with E-state index in [4.69, 9.17) is 23.7 Å². The third-order valence-electron chi connectivity index (χ3n) is 4.52. The molecule has 182 valence electrons. The predicted molar refractivity (Wildman–Crippen MR) is 106 cm³/mol. The van der Waals surface area contributed by atoms with Crippen molar-refractivity contribution < 1.29 is 52.8 Å². The minimum atomic E-state index is -1.51. The van der Waals surface area contributed by atoms with Gasteiger partial charge >= 0.3 is 23.9 Å². The number of hydrogen-bond acceptors (Lipinski definition) is 11. The van der Waals surface area contributed by atoms with Crippen LogP contribution in [0, 0.1) is 5.92 Å². The van der Waals surface area contributed by atoms with Crippen LogP contribution in [0.3, 0.4) is 0 Å². The van der Waals surface area contributed by atoms with E-state index >= 15 is 0 Å². The maximum Gasteiger partial charge on any atom is 0.325 e. The molecule has 12 heteroatoms. The molecule has 0 aromatic heterocycles. The Kier molecular flexibility index (Phi) is 11.6. The van der Waals surface area contributed by atoms with Gasteiger partial charge in [-0.25, -0.2) is 0 Å². The van der Waals surface area contributed by atoms with E-state index in [2.05, 4.69) is 5.32 Å². The summed E-state index contributed by atoms with van der Waals surface area (Å²) < 4.78 is 25.5. The van der Waals surface area contributed by atoms with Gasteiger partial charge in [0.1, 0.15) is 12.6 Å². The fourth-order valence-electron chi connectivity index (χ4n) is 3.28. The Hall–Kier alpha value is -2.73. The van der Waals surface area contributed by atoms with Gasteiger partial charge in [0.15, 0.2) is 12.2 Å². The molecule has 1 saturated heterocycles. The molecule has 1 fully saturated rings. The average molecular weight is 461 g/mol. The van der Waals surface area contributed by atoms with Gasteiger partial charge in [-0.05, 0) is 19.8 Å². The van der Waals surface area contributed by atoms with E-state index in [1.54, 1.807) is 6.92 Å². The van der Waals surface area contributed by atoms with Gasteiger partial charge < -0.3 is 34.1 Å². The lowest BCUT2D eigenvalue weighted by atomic mass is 9.86. The first-order chi connectivity index (χ1) is 15.1. The van der Waals surface area contributed by atoms with Crippen molar-refractivity contribution in [2.45, 2.75) is 65.0 Å². The van der Waals surface area contributed by atoms with Gasteiger partial charge in [-0.2, -0.15) is 0 Å². The number of hydrogen-bond donors (Lipinski definition) is 2. The van der Waals surface area contributed by atoms with E-state index in [1.807, 2.05) is 0 Å². The lowest BCUT2D eigenvalue weighted by Crippen LogP contribution is -2.59. The highest BCUT2D eigenvalue weighted by Crippen LogP contribution is 2.28. The molecule has 5 atom stereocenters. The molecular formula is C20H31NO11. The quantitative estimate of drug-likeness (QED) is 0.226. The minimum absolute atomic E-state index is 0.0310. The standard InChI is InChI=1S/C20H31NO11/c1-5-28-16(25)9-21-20(27)14(7-6-8-29-11(2)22)18-17(26)19(32-13(4)24)15(10-30-18)31-12(3)23/h14-15,17-19,26H,5-10H2,1-4H3,(H,21,27)/t14?,15-,17+,18-,19+/m1/s1. The number of ether oxygens (including phenoxy) is 5. The van der Waals surface area contributed by atoms with Crippen LogP contribution in [0.25, 0.3) is 0 Å². The number of carbonyl (C=O) groups excluding carboxylic acids is 5. The summed E-state index contributed by atoms with van der Waals surface area (Å²) in [6, 6.07) is 0. The second-order valence-corrected chi connectivity index (χ2v) is 7.12. The zero-order valence-corrected chi connectivity index (χ0v) is 18.7. The number of carbonyl (C=O) groups is 5. The Balaban J connectivity index is 2.99. The van der Waals surface area contributed by atoms with Gasteiger partial charge in [-0.1, -0.05) is 0 Å². The van der Waals surface area contributed by atoms with Crippen molar-refractivity contribution in [1.29, 1.82) is 0 Å². The molecule has 0 aliphatic carbocycles. The maximum absolute atomic E-state index is 12.8. The monoisotopic (exact) mass is 461 g/mol. The van der Waals surface area contributed by atoms with Crippen molar-refractivity contribution in [1.82, 2.24) is 5.32 Å². The number of esters is 4. The van der Waals surface area contributed by atoms with Crippen LogP contribution in [0.15, 0.2) is 0 Å². The molecule has 0 spiro atoms. The second kappa shape index (κ2) is 13.6. The number of aliphatic hydroxyl groups is 1. The largest absolute Gasteiger partial charge is 0.466 e. The van der Waals surface area contributed by atoms with Crippen LogP contribution >= 0.6 is 0 Å². The molecule has 0 saturated carbocycles. The average Bonchev–Trinajstić information content (AvgIpc) is 2.69. The highest BCUT2D eigenvalue weighted by Gasteiger charge is 2.48. The molecule has 12 nitrogen and oxygen atoms in total. The molecule has 1 heterocycles. The van der Waals surface area contributed by atoms with Crippen molar-refractivity contribution >= 4 is 29.8 Å². The van der Waals surface area contributed by atoms with Gasteiger partial charge in [-0.15, -0.1) is 0 Å². The first-order valence-electron chi connectivity index (χ1n) is 10.3. The van der Waals surface area contributed by atoms with Crippen LogP contribution in [-0.2, 0) is 47.7 Å². The van der Waals surface area contributed by atoms with E-state index in [0.717, 1.165) is 13.8 Å². The highest BCUT2D eigenvalue weighted by atomic mass is 16.6. The lowest BCUT2D eigenvalue weighted by molar-refractivity contribution is -0.224. The Labute approximate surface area is 185 Å². The molecule has 0 bridgehead atoms. The molecule has 1 aliphatic heterocycles. The Morgan fingerprint density at radius 3 is 2.25 bits per heavy atom. The fraction of sp³-hybridized carbons (Fsp3) is 0.750. The first kappa shape index (κ1) is 27.3.